The summed E-state index contributed by atoms with van der Waals surface area (Å²) in [6, 6.07) is 0.284. The average molecular weight is 195 g/mol. The number of hydrogen-bond donors (Lipinski definition) is 1. The minimum atomic E-state index is 0.0759. The van der Waals surface area contributed by atoms with Crippen molar-refractivity contribution in [1.29, 1.82) is 0 Å². The predicted molar refractivity (Wildman–Crippen MR) is 59.8 cm³/mol. The van der Waals surface area contributed by atoms with E-state index in [1.807, 2.05) is 6.92 Å². The summed E-state index contributed by atoms with van der Waals surface area (Å²) >= 11 is 0. The van der Waals surface area contributed by atoms with Crippen LogP contribution in [0.2, 0.25) is 0 Å². The lowest BCUT2D eigenvalue weighted by Gasteiger charge is -2.12. The molecule has 0 aliphatic heterocycles. The van der Waals surface area contributed by atoms with Crippen LogP contribution in [0.25, 0.3) is 0 Å². The second-order valence-corrected chi connectivity index (χ2v) is 3.67. The van der Waals surface area contributed by atoms with E-state index in [0.29, 0.717) is 12.8 Å². The van der Waals surface area contributed by atoms with Gasteiger partial charge in [-0.05, 0) is 13.3 Å². The molecule has 14 heavy (non-hydrogen) atoms. The highest BCUT2D eigenvalue weighted by atomic mass is 16.1. The average Bonchev–Trinajstić information content (AvgIpc) is 2.15. The third-order valence-electron chi connectivity index (χ3n) is 2.14. The molecule has 80 valence electrons. The van der Waals surface area contributed by atoms with Gasteiger partial charge >= 0.3 is 0 Å². The molecule has 0 saturated heterocycles. The summed E-state index contributed by atoms with van der Waals surface area (Å²) in [5.41, 5.74) is 0. The quantitative estimate of drug-likeness (QED) is 0.491. The number of terminal acetylenes is 1. The maximum Gasteiger partial charge on any atom is 0.221 e. The molecule has 0 rings (SSSR count). The fourth-order valence-electron chi connectivity index (χ4n) is 1.31. The Balaban J connectivity index is 3.46. The highest BCUT2D eigenvalue weighted by molar-refractivity contribution is 5.76. The van der Waals surface area contributed by atoms with Crippen molar-refractivity contribution < 1.29 is 4.79 Å². The van der Waals surface area contributed by atoms with Crippen molar-refractivity contribution in [2.45, 2.75) is 58.4 Å². The molecule has 1 atom stereocenters. The standard InChI is InChI=1S/C12H21NO/c1-4-6-8-9-11(3)13-12(14)10-7-5-2/h2,11H,4,6-10H2,1,3H3,(H,13,14)/t11-/m1/s1. The molecule has 0 unspecified atom stereocenters. The van der Waals surface area contributed by atoms with Gasteiger partial charge in [0.15, 0.2) is 0 Å². The lowest BCUT2D eigenvalue weighted by Crippen LogP contribution is -2.32. The highest BCUT2D eigenvalue weighted by Crippen LogP contribution is 2.03. The number of carbonyl (C=O) groups excluding carboxylic acids is 1. The lowest BCUT2D eigenvalue weighted by atomic mass is 10.1. The predicted octanol–water partition coefficient (Wildman–Crippen LogP) is 2.48. The monoisotopic (exact) mass is 195 g/mol. The van der Waals surface area contributed by atoms with Gasteiger partial charge in [0, 0.05) is 18.9 Å². The van der Waals surface area contributed by atoms with Gasteiger partial charge in [-0.15, -0.1) is 12.3 Å². The number of unbranched alkanes of at least 4 members (excludes halogenated alkanes) is 2. The third-order valence-corrected chi connectivity index (χ3v) is 2.14. The topological polar surface area (TPSA) is 29.1 Å². The second kappa shape index (κ2) is 8.62. The first-order chi connectivity index (χ1) is 6.70. The van der Waals surface area contributed by atoms with Crippen LogP contribution in [0.4, 0.5) is 0 Å². The fourth-order valence-corrected chi connectivity index (χ4v) is 1.31. The SMILES string of the molecule is C#CCCC(=O)N[C@H](C)CCCCC. The van der Waals surface area contributed by atoms with Crippen molar-refractivity contribution in [2.75, 3.05) is 0 Å². The zero-order chi connectivity index (χ0) is 10.8. The van der Waals surface area contributed by atoms with Gasteiger partial charge in [0.25, 0.3) is 0 Å². The molecule has 0 saturated carbocycles. The Morgan fingerprint density at radius 3 is 2.79 bits per heavy atom. The second-order valence-electron chi connectivity index (χ2n) is 3.67. The van der Waals surface area contributed by atoms with E-state index < -0.39 is 0 Å². The van der Waals surface area contributed by atoms with Gasteiger partial charge in [0.2, 0.25) is 5.91 Å². The van der Waals surface area contributed by atoms with Crippen molar-refractivity contribution in [1.82, 2.24) is 5.32 Å². The smallest absolute Gasteiger partial charge is 0.221 e. The van der Waals surface area contributed by atoms with E-state index in [1.165, 1.54) is 19.3 Å². The van der Waals surface area contributed by atoms with Gasteiger partial charge in [-0.1, -0.05) is 26.2 Å². The van der Waals surface area contributed by atoms with Crippen LogP contribution in [0, 0.1) is 12.3 Å². The van der Waals surface area contributed by atoms with Crippen LogP contribution < -0.4 is 5.32 Å². The summed E-state index contributed by atoms with van der Waals surface area (Å²) in [6.07, 6.45) is 10.8. The normalized spacial score (nSPS) is 11.8. The maximum absolute atomic E-state index is 11.2. The molecule has 0 aromatic rings. The van der Waals surface area contributed by atoms with Crippen LogP contribution in [0.3, 0.4) is 0 Å². The largest absolute Gasteiger partial charge is 0.354 e. The summed E-state index contributed by atoms with van der Waals surface area (Å²) in [5, 5.41) is 2.94. The van der Waals surface area contributed by atoms with Crippen molar-refractivity contribution >= 4 is 5.91 Å². The number of nitrogens with one attached hydrogen (secondary N) is 1. The van der Waals surface area contributed by atoms with Crippen molar-refractivity contribution in [3.63, 3.8) is 0 Å². The Kier molecular flexibility index (Phi) is 8.02. The molecule has 0 radical (unpaired) electrons. The summed E-state index contributed by atoms with van der Waals surface area (Å²) < 4.78 is 0. The first kappa shape index (κ1) is 13.0. The molecule has 1 N–H and O–H groups in total. The molecular formula is C12H21NO. The maximum atomic E-state index is 11.2. The Morgan fingerprint density at radius 1 is 1.50 bits per heavy atom. The molecule has 0 aromatic heterocycles. The van der Waals surface area contributed by atoms with Gasteiger partial charge < -0.3 is 5.32 Å². The molecule has 2 nitrogen and oxygen atoms in total. The Hall–Kier alpha value is -0.970. The van der Waals surface area contributed by atoms with Crippen LogP contribution in [-0.4, -0.2) is 11.9 Å². The van der Waals surface area contributed by atoms with Gasteiger partial charge in [0.1, 0.15) is 0 Å². The first-order valence-electron chi connectivity index (χ1n) is 5.43. The van der Waals surface area contributed by atoms with E-state index in [-0.39, 0.29) is 11.9 Å². The van der Waals surface area contributed by atoms with Gasteiger partial charge in [0.05, 0.1) is 0 Å². The summed E-state index contributed by atoms with van der Waals surface area (Å²) in [4.78, 5) is 11.2. The van der Waals surface area contributed by atoms with E-state index in [9.17, 15) is 4.79 Å². The van der Waals surface area contributed by atoms with Crippen LogP contribution in [0.1, 0.15) is 52.4 Å². The van der Waals surface area contributed by atoms with Gasteiger partial charge in [-0.25, -0.2) is 0 Å². The Labute approximate surface area is 87.5 Å². The molecule has 0 fully saturated rings. The molecule has 1 amide bonds. The summed E-state index contributed by atoms with van der Waals surface area (Å²) in [6.45, 7) is 4.22. The van der Waals surface area contributed by atoms with Crippen LogP contribution in [0.5, 0.6) is 0 Å². The number of rotatable bonds is 7. The summed E-state index contributed by atoms with van der Waals surface area (Å²) in [7, 11) is 0. The zero-order valence-electron chi connectivity index (χ0n) is 9.31. The van der Waals surface area contributed by atoms with Crippen LogP contribution in [-0.2, 0) is 4.79 Å². The first-order valence-corrected chi connectivity index (χ1v) is 5.43. The van der Waals surface area contributed by atoms with E-state index in [2.05, 4.69) is 18.2 Å². The fraction of sp³-hybridized carbons (Fsp3) is 0.750. The molecule has 0 aliphatic carbocycles. The van der Waals surface area contributed by atoms with E-state index in [4.69, 9.17) is 6.42 Å². The van der Waals surface area contributed by atoms with E-state index in [1.54, 1.807) is 0 Å². The zero-order valence-corrected chi connectivity index (χ0v) is 9.31. The number of hydrogen-bond acceptors (Lipinski definition) is 1. The highest BCUT2D eigenvalue weighted by Gasteiger charge is 2.05. The van der Waals surface area contributed by atoms with Gasteiger partial charge in [-0.2, -0.15) is 0 Å². The molecule has 0 aliphatic rings. The Bertz CT molecular complexity index is 193. The molecule has 0 aromatic carbocycles. The lowest BCUT2D eigenvalue weighted by molar-refractivity contribution is -0.121. The number of amides is 1. The van der Waals surface area contributed by atoms with Crippen molar-refractivity contribution in [3.8, 4) is 12.3 Å². The van der Waals surface area contributed by atoms with E-state index >= 15 is 0 Å². The van der Waals surface area contributed by atoms with Crippen molar-refractivity contribution in [2.24, 2.45) is 0 Å². The minimum Gasteiger partial charge on any atom is -0.354 e. The van der Waals surface area contributed by atoms with Crippen molar-refractivity contribution in [3.05, 3.63) is 0 Å². The Morgan fingerprint density at radius 2 is 2.21 bits per heavy atom. The van der Waals surface area contributed by atoms with Crippen LogP contribution in [0.15, 0.2) is 0 Å². The minimum absolute atomic E-state index is 0.0759. The van der Waals surface area contributed by atoms with Gasteiger partial charge in [-0.3, -0.25) is 4.79 Å². The molecular weight excluding hydrogens is 174 g/mol. The molecule has 0 bridgehead atoms. The van der Waals surface area contributed by atoms with Crippen LogP contribution >= 0.6 is 0 Å². The number of carbonyl (C=O) groups is 1. The molecule has 2 heteroatoms. The van der Waals surface area contributed by atoms with E-state index in [0.717, 1.165) is 6.42 Å². The summed E-state index contributed by atoms with van der Waals surface area (Å²) in [5.74, 6) is 2.54. The molecule has 0 heterocycles. The molecule has 0 spiro atoms. The third kappa shape index (κ3) is 7.67.